The number of rotatable bonds is 7. The first-order valence-corrected chi connectivity index (χ1v) is 10.8. The number of carbonyl (C=O) groups is 3. The standard InChI is InChI=1S/C24H21Cl2N3O5/c1-24(2,22(32)27-17-5-3-14(4-6-17)21(30)31)34-20-9-7-18(8-10-20)28-23(33)29-19-12-15(25)11-16(26)13-19/h3-13H,1-2H3,(H,27,32)(H,30,31)(H2,28,29,33). The summed E-state index contributed by atoms with van der Waals surface area (Å²) in [5.74, 6) is -1.06. The van der Waals surface area contributed by atoms with Gasteiger partial charge in [0.05, 0.1) is 5.56 Å². The molecule has 10 heteroatoms. The monoisotopic (exact) mass is 501 g/mol. The maximum Gasteiger partial charge on any atom is 0.335 e. The Morgan fingerprint density at radius 1 is 0.765 bits per heavy atom. The molecular formula is C24H21Cl2N3O5. The minimum Gasteiger partial charge on any atom is -0.478 e. The van der Waals surface area contributed by atoms with Crippen molar-refractivity contribution in [2.75, 3.05) is 16.0 Å². The third kappa shape index (κ3) is 6.87. The van der Waals surface area contributed by atoms with Gasteiger partial charge in [-0.3, -0.25) is 4.79 Å². The molecule has 34 heavy (non-hydrogen) atoms. The van der Waals surface area contributed by atoms with E-state index in [-0.39, 0.29) is 5.56 Å². The van der Waals surface area contributed by atoms with Crippen LogP contribution in [0, 0.1) is 0 Å². The Bertz CT molecular complexity index is 1190. The van der Waals surface area contributed by atoms with Gasteiger partial charge < -0.3 is 25.8 Å². The number of carbonyl (C=O) groups excluding carboxylic acids is 2. The third-order valence-electron chi connectivity index (χ3n) is 4.54. The van der Waals surface area contributed by atoms with E-state index in [1.807, 2.05) is 0 Å². The van der Waals surface area contributed by atoms with Gasteiger partial charge in [0, 0.05) is 27.1 Å². The van der Waals surface area contributed by atoms with E-state index < -0.39 is 23.5 Å². The maximum atomic E-state index is 12.7. The van der Waals surface area contributed by atoms with Gasteiger partial charge in [-0.1, -0.05) is 23.2 Å². The summed E-state index contributed by atoms with van der Waals surface area (Å²) < 4.78 is 5.82. The Labute approximate surface area is 205 Å². The fraction of sp³-hybridized carbons (Fsp3) is 0.125. The van der Waals surface area contributed by atoms with Gasteiger partial charge >= 0.3 is 12.0 Å². The van der Waals surface area contributed by atoms with Crippen molar-refractivity contribution in [1.82, 2.24) is 0 Å². The normalized spacial score (nSPS) is 10.8. The second kappa shape index (κ2) is 10.5. The summed E-state index contributed by atoms with van der Waals surface area (Å²) in [5.41, 5.74) is 0.272. The highest BCUT2D eigenvalue weighted by Gasteiger charge is 2.30. The molecule has 0 saturated carbocycles. The van der Waals surface area contributed by atoms with Gasteiger partial charge in [-0.25, -0.2) is 9.59 Å². The lowest BCUT2D eigenvalue weighted by Crippen LogP contribution is -2.42. The van der Waals surface area contributed by atoms with Crippen LogP contribution in [0.25, 0.3) is 0 Å². The lowest BCUT2D eigenvalue weighted by atomic mass is 10.1. The van der Waals surface area contributed by atoms with E-state index >= 15 is 0 Å². The molecule has 0 fully saturated rings. The number of ether oxygens (including phenoxy) is 1. The van der Waals surface area contributed by atoms with Crippen molar-refractivity contribution in [1.29, 1.82) is 0 Å². The number of carboxylic acid groups (broad SMARTS) is 1. The van der Waals surface area contributed by atoms with Gasteiger partial charge in [-0.05, 0) is 80.6 Å². The second-order valence-electron chi connectivity index (χ2n) is 7.71. The minimum absolute atomic E-state index is 0.118. The molecule has 0 atom stereocenters. The Morgan fingerprint density at radius 3 is 1.82 bits per heavy atom. The van der Waals surface area contributed by atoms with Crippen LogP contribution in [0.5, 0.6) is 5.75 Å². The number of amides is 3. The van der Waals surface area contributed by atoms with E-state index in [0.717, 1.165) is 0 Å². The SMILES string of the molecule is CC(C)(Oc1ccc(NC(=O)Nc2cc(Cl)cc(Cl)c2)cc1)C(=O)Nc1ccc(C(=O)O)cc1. The molecule has 8 nitrogen and oxygen atoms in total. The highest BCUT2D eigenvalue weighted by molar-refractivity contribution is 6.35. The molecule has 0 saturated heterocycles. The molecule has 3 aromatic carbocycles. The lowest BCUT2D eigenvalue weighted by Gasteiger charge is -2.25. The number of aromatic carboxylic acids is 1. The fourth-order valence-electron chi connectivity index (χ4n) is 2.84. The summed E-state index contributed by atoms with van der Waals surface area (Å²) in [6.45, 7) is 3.20. The molecule has 0 bridgehead atoms. The van der Waals surface area contributed by atoms with E-state index in [4.69, 9.17) is 33.0 Å². The van der Waals surface area contributed by atoms with Crippen molar-refractivity contribution >= 4 is 58.2 Å². The van der Waals surface area contributed by atoms with Crippen molar-refractivity contribution in [3.8, 4) is 5.75 Å². The molecule has 0 heterocycles. The van der Waals surface area contributed by atoms with E-state index in [9.17, 15) is 14.4 Å². The lowest BCUT2D eigenvalue weighted by molar-refractivity contribution is -0.128. The van der Waals surface area contributed by atoms with Gasteiger partial charge in [0.15, 0.2) is 5.60 Å². The summed E-state index contributed by atoms with van der Waals surface area (Å²) in [5, 5.41) is 17.8. The number of benzene rings is 3. The van der Waals surface area contributed by atoms with Crippen LogP contribution in [0.2, 0.25) is 10.0 Å². The predicted octanol–water partition coefficient (Wildman–Crippen LogP) is 6.13. The average molecular weight is 502 g/mol. The van der Waals surface area contributed by atoms with Crippen LogP contribution in [-0.4, -0.2) is 28.6 Å². The van der Waals surface area contributed by atoms with Crippen LogP contribution in [0.1, 0.15) is 24.2 Å². The highest BCUT2D eigenvalue weighted by atomic mass is 35.5. The third-order valence-corrected chi connectivity index (χ3v) is 4.98. The fourth-order valence-corrected chi connectivity index (χ4v) is 3.37. The number of hydrogen-bond donors (Lipinski definition) is 4. The van der Waals surface area contributed by atoms with Crippen LogP contribution in [0.15, 0.2) is 66.7 Å². The topological polar surface area (TPSA) is 117 Å². The first kappa shape index (κ1) is 24.9. The molecular weight excluding hydrogens is 481 g/mol. The maximum absolute atomic E-state index is 12.7. The molecule has 0 aliphatic rings. The zero-order valence-electron chi connectivity index (χ0n) is 18.2. The van der Waals surface area contributed by atoms with E-state index in [1.54, 1.807) is 56.3 Å². The van der Waals surface area contributed by atoms with Crippen molar-refractivity contribution in [2.45, 2.75) is 19.4 Å². The number of carboxylic acids is 1. The van der Waals surface area contributed by atoms with Gasteiger partial charge in [0.2, 0.25) is 0 Å². The number of anilines is 3. The molecule has 3 amide bonds. The molecule has 0 aliphatic carbocycles. The predicted molar refractivity (Wildman–Crippen MR) is 132 cm³/mol. The highest BCUT2D eigenvalue weighted by Crippen LogP contribution is 2.24. The van der Waals surface area contributed by atoms with Crippen LogP contribution in [0.3, 0.4) is 0 Å². The van der Waals surface area contributed by atoms with Crippen LogP contribution < -0.4 is 20.7 Å². The van der Waals surface area contributed by atoms with Crippen molar-refractivity contribution in [3.63, 3.8) is 0 Å². The van der Waals surface area contributed by atoms with E-state index in [1.165, 1.54) is 24.3 Å². The molecule has 0 spiro atoms. The molecule has 0 aromatic heterocycles. The average Bonchev–Trinajstić information content (AvgIpc) is 2.74. The number of hydrogen-bond acceptors (Lipinski definition) is 4. The minimum atomic E-state index is -1.23. The summed E-state index contributed by atoms with van der Waals surface area (Å²) in [6.07, 6.45) is 0. The summed E-state index contributed by atoms with van der Waals surface area (Å²) in [7, 11) is 0. The molecule has 3 aromatic rings. The van der Waals surface area contributed by atoms with E-state index in [2.05, 4.69) is 16.0 Å². The largest absolute Gasteiger partial charge is 0.478 e. The summed E-state index contributed by atoms with van der Waals surface area (Å²) in [6, 6.07) is 16.5. The summed E-state index contributed by atoms with van der Waals surface area (Å²) >= 11 is 11.9. The second-order valence-corrected chi connectivity index (χ2v) is 8.58. The van der Waals surface area contributed by atoms with Crippen LogP contribution in [0.4, 0.5) is 21.9 Å². The quantitative estimate of drug-likeness (QED) is 0.310. The van der Waals surface area contributed by atoms with Gasteiger partial charge in [-0.2, -0.15) is 0 Å². The van der Waals surface area contributed by atoms with Gasteiger partial charge in [0.1, 0.15) is 5.75 Å². The van der Waals surface area contributed by atoms with Gasteiger partial charge in [-0.15, -0.1) is 0 Å². The van der Waals surface area contributed by atoms with Crippen molar-refractivity contribution in [2.24, 2.45) is 0 Å². The summed E-state index contributed by atoms with van der Waals surface area (Å²) in [4.78, 5) is 35.8. The van der Waals surface area contributed by atoms with Gasteiger partial charge in [0.25, 0.3) is 5.91 Å². The number of nitrogens with one attached hydrogen (secondary N) is 3. The molecule has 3 rings (SSSR count). The van der Waals surface area contributed by atoms with Crippen LogP contribution in [-0.2, 0) is 4.79 Å². The van der Waals surface area contributed by atoms with Crippen molar-refractivity contribution in [3.05, 3.63) is 82.3 Å². The molecule has 0 radical (unpaired) electrons. The molecule has 176 valence electrons. The Kier molecular flexibility index (Phi) is 7.65. The Balaban J connectivity index is 1.57. The molecule has 0 aliphatic heterocycles. The molecule has 0 unspecified atom stereocenters. The number of halogens is 2. The Hall–Kier alpha value is -3.75. The van der Waals surface area contributed by atoms with Crippen molar-refractivity contribution < 1.29 is 24.2 Å². The number of urea groups is 1. The van der Waals surface area contributed by atoms with Crippen LogP contribution >= 0.6 is 23.2 Å². The van der Waals surface area contributed by atoms with E-state index in [0.29, 0.717) is 32.9 Å². The zero-order chi connectivity index (χ0) is 24.9. The molecule has 4 N–H and O–H groups in total. The first-order valence-electron chi connectivity index (χ1n) is 10.00. The zero-order valence-corrected chi connectivity index (χ0v) is 19.7. The Morgan fingerprint density at radius 2 is 1.26 bits per heavy atom. The smallest absolute Gasteiger partial charge is 0.335 e. The first-order chi connectivity index (χ1) is 16.0.